The van der Waals surface area contributed by atoms with E-state index in [1.807, 2.05) is 11.0 Å². The van der Waals surface area contributed by atoms with E-state index in [2.05, 4.69) is 64.4 Å². The molecule has 2 aliphatic heterocycles. The molecule has 3 atom stereocenters. The molecular weight excluding hydrogens is 364 g/mol. The molecule has 0 aliphatic carbocycles. The van der Waals surface area contributed by atoms with E-state index >= 15 is 0 Å². The summed E-state index contributed by atoms with van der Waals surface area (Å²) >= 11 is 0. The Balaban J connectivity index is 1.34. The Bertz CT molecular complexity index is 999. The van der Waals surface area contributed by atoms with Gasteiger partial charge in [-0.25, -0.2) is 10.4 Å². The lowest BCUT2D eigenvalue weighted by molar-refractivity contribution is 0.0619. The molecule has 1 amide bonds. The van der Waals surface area contributed by atoms with Crippen LogP contribution >= 0.6 is 0 Å². The van der Waals surface area contributed by atoms with E-state index in [9.17, 15) is 4.79 Å². The molecule has 3 aromatic rings. The predicted molar refractivity (Wildman–Crippen MR) is 110 cm³/mol. The maximum absolute atomic E-state index is 12.9. The van der Waals surface area contributed by atoms with Gasteiger partial charge < -0.3 is 9.32 Å². The first-order valence-corrected chi connectivity index (χ1v) is 10.1. The van der Waals surface area contributed by atoms with Gasteiger partial charge in [-0.2, -0.15) is 0 Å². The van der Waals surface area contributed by atoms with Gasteiger partial charge >= 0.3 is 0 Å². The maximum Gasteiger partial charge on any atom is 0.291 e. The number of oxazole rings is 1. The highest BCUT2D eigenvalue weighted by Gasteiger charge is 2.42. The lowest BCUT2D eigenvalue weighted by Gasteiger charge is -2.35. The third-order valence-corrected chi connectivity index (χ3v) is 6.11. The summed E-state index contributed by atoms with van der Waals surface area (Å²) in [6.07, 6.45) is 2.25. The van der Waals surface area contributed by atoms with E-state index in [-0.39, 0.29) is 11.9 Å². The minimum atomic E-state index is -0.0662. The number of carbonyl (C=O) groups is 1. The van der Waals surface area contributed by atoms with Crippen LogP contribution in [0, 0.1) is 12.8 Å². The molecule has 29 heavy (non-hydrogen) atoms. The quantitative estimate of drug-likeness (QED) is 0.720. The molecular formula is C23H24N4O2. The summed E-state index contributed by atoms with van der Waals surface area (Å²) in [6.45, 7) is 3.21. The number of nitrogens with zero attached hydrogens (tertiary/aromatic N) is 2. The number of amides is 1. The number of aryl methyl sites for hydroxylation is 1. The highest BCUT2D eigenvalue weighted by molar-refractivity contribution is 5.92. The number of hydrazine groups is 1. The molecule has 3 heterocycles. The zero-order chi connectivity index (χ0) is 19.8. The van der Waals surface area contributed by atoms with Crippen molar-refractivity contribution in [1.82, 2.24) is 20.7 Å². The fourth-order valence-corrected chi connectivity index (χ4v) is 4.48. The van der Waals surface area contributed by atoms with Gasteiger partial charge in [-0.3, -0.25) is 10.2 Å². The van der Waals surface area contributed by atoms with E-state index in [1.54, 1.807) is 6.92 Å². The number of fused-ring (bicyclic) bond motifs is 1. The molecule has 2 fully saturated rings. The van der Waals surface area contributed by atoms with Crippen molar-refractivity contribution in [2.75, 3.05) is 13.1 Å². The molecule has 6 nitrogen and oxygen atoms in total. The zero-order valence-electron chi connectivity index (χ0n) is 16.3. The van der Waals surface area contributed by atoms with Crippen LogP contribution in [0.3, 0.4) is 0 Å². The highest BCUT2D eigenvalue weighted by Crippen LogP contribution is 2.35. The zero-order valence-corrected chi connectivity index (χ0v) is 16.3. The van der Waals surface area contributed by atoms with E-state index in [0.29, 0.717) is 36.5 Å². The topological polar surface area (TPSA) is 70.4 Å². The number of rotatable bonds is 3. The van der Waals surface area contributed by atoms with E-state index < -0.39 is 0 Å². The van der Waals surface area contributed by atoms with Crippen molar-refractivity contribution in [3.63, 3.8) is 0 Å². The predicted octanol–water partition coefficient (Wildman–Crippen LogP) is 3.33. The summed E-state index contributed by atoms with van der Waals surface area (Å²) in [5.74, 6) is 0.591. The van der Waals surface area contributed by atoms with Crippen LogP contribution in [-0.2, 0) is 0 Å². The number of hydrogen-bond donors (Lipinski definition) is 2. The second kappa shape index (κ2) is 7.46. The van der Waals surface area contributed by atoms with Gasteiger partial charge in [-0.1, -0.05) is 54.6 Å². The fourth-order valence-electron chi connectivity index (χ4n) is 4.48. The van der Waals surface area contributed by atoms with Crippen molar-refractivity contribution in [2.24, 2.45) is 5.92 Å². The van der Waals surface area contributed by atoms with Crippen LogP contribution in [0.5, 0.6) is 0 Å². The second-order valence-electron chi connectivity index (χ2n) is 7.83. The summed E-state index contributed by atoms with van der Waals surface area (Å²) in [5, 5.41) is 0. The third kappa shape index (κ3) is 3.34. The normalized spacial score (nSPS) is 23.8. The Hall–Kier alpha value is -2.96. The highest BCUT2D eigenvalue weighted by atomic mass is 16.3. The summed E-state index contributed by atoms with van der Waals surface area (Å²) in [7, 11) is 0. The van der Waals surface area contributed by atoms with Crippen molar-refractivity contribution in [2.45, 2.75) is 25.4 Å². The first-order valence-electron chi connectivity index (χ1n) is 10.1. The Morgan fingerprint density at radius 3 is 2.55 bits per heavy atom. The molecule has 0 radical (unpaired) electrons. The van der Waals surface area contributed by atoms with Crippen LogP contribution in [0.2, 0.25) is 0 Å². The van der Waals surface area contributed by atoms with Crippen molar-refractivity contribution in [1.29, 1.82) is 0 Å². The molecule has 0 spiro atoms. The standard InChI is InChI=1S/C23H24N4O2/c1-15-22(29-14-24-15)23(28)27-12-11-20-19(13-27)21(26-25-20)18-9-7-17(8-10-18)16-5-3-2-4-6-16/h2-10,14,19-21,25-26H,11-13H2,1H3. The average Bonchev–Trinajstić information content (AvgIpc) is 3.39. The van der Waals surface area contributed by atoms with Crippen LogP contribution in [0.15, 0.2) is 65.4 Å². The number of nitrogens with one attached hydrogen (secondary N) is 2. The number of likely N-dealkylation sites (tertiary alicyclic amines) is 1. The van der Waals surface area contributed by atoms with Gasteiger partial charge in [0.2, 0.25) is 5.76 Å². The van der Waals surface area contributed by atoms with Gasteiger partial charge in [0.25, 0.3) is 5.91 Å². The maximum atomic E-state index is 12.9. The first kappa shape index (κ1) is 18.1. The van der Waals surface area contributed by atoms with Gasteiger partial charge in [0.15, 0.2) is 6.39 Å². The Morgan fingerprint density at radius 2 is 1.83 bits per heavy atom. The van der Waals surface area contributed by atoms with Crippen LogP contribution < -0.4 is 10.9 Å². The van der Waals surface area contributed by atoms with E-state index in [0.717, 1.165) is 6.42 Å². The van der Waals surface area contributed by atoms with Gasteiger partial charge in [0.05, 0.1) is 11.7 Å². The molecule has 0 saturated carbocycles. The smallest absolute Gasteiger partial charge is 0.291 e. The molecule has 0 bridgehead atoms. The van der Waals surface area contributed by atoms with Crippen molar-refractivity contribution in [3.8, 4) is 11.1 Å². The molecule has 5 rings (SSSR count). The SMILES string of the molecule is Cc1ncoc1C(=O)N1CCC2NNC(c3ccc(-c4ccccc4)cc3)C2C1. The van der Waals surface area contributed by atoms with Crippen LogP contribution in [0.1, 0.15) is 34.3 Å². The average molecular weight is 388 g/mol. The Kier molecular flexibility index (Phi) is 4.66. The number of hydrogen-bond acceptors (Lipinski definition) is 5. The lowest BCUT2D eigenvalue weighted by atomic mass is 9.84. The van der Waals surface area contributed by atoms with Crippen molar-refractivity contribution in [3.05, 3.63) is 78.0 Å². The van der Waals surface area contributed by atoms with Gasteiger partial charge in [-0.15, -0.1) is 0 Å². The van der Waals surface area contributed by atoms with Crippen LogP contribution in [0.25, 0.3) is 11.1 Å². The molecule has 3 unspecified atom stereocenters. The molecule has 6 heteroatoms. The minimum absolute atomic E-state index is 0.0662. The Labute approximate surface area is 169 Å². The molecule has 2 aliphatic rings. The molecule has 1 aromatic heterocycles. The first-order chi connectivity index (χ1) is 14.2. The number of aromatic nitrogens is 1. The minimum Gasteiger partial charge on any atom is -0.438 e. The monoisotopic (exact) mass is 388 g/mol. The largest absolute Gasteiger partial charge is 0.438 e. The molecule has 148 valence electrons. The molecule has 2 aromatic carbocycles. The lowest BCUT2D eigenvalue weighted by Crippen LogP contribution is -2.47. The van der Waals surface area contributed by atoms with Crippen molar-refractivity contribution < 1.29 is 9.21 Å². The molecule has 2 N–H and O–H groups in total. The summed E-state index contributed by atoms with van der Waals surface area (Å²) in [5.41, 5.74) is 11.2. The third-order valence-electron chi connectivity index (χ3n) is 6.11. The van der Waals surface area contributed by atoms with Crippen LogP contribution in [-0.4, -0.2) is 34.9 Å². The van der Waals surface area contributed by atoms with Gasteiger partial charge in [0.1, 0.15) is 0 Å². The van der Waals surface area contributed by atoms with Crippen molar-refractivity contribution >= 4 is 5.91 Å². The fraction of sp³-hybridized carbons (Fsp3) is 0.304. The summed E-state index contributed by atoms with van der Waals surface area (Å²) in [4.78, 5) is 18.8. The number of piperidine rings is 1. The second-order valence-corrected chi connectivity index (χ2v) is 7.83. The number of benzene rings is 2. The Morgan fingerprint density at radius 1 is 1.07 bits per heavy atom. The van der Waals surface area contributed by atoms with E-state index in [1.165, 1.54) is 23.1 Å². The number of carbonyl (C=O) groups excluding carboxylic acids is 1. The van der Waals surface area contributed by atoms with Gasteiger partial charge in [0, 0.05) is 25.0 Å². The van der Waals surface area contributed by atoms with Gasteiger partial charge in [-0.05, 0) is 30.0 Å². The van der Waals surface area contributed by atoms with Crippen LogP contribution in [0.4, 0.5) is 0 Å². The van der Waals surface area contributed by atoms with E-state index in [4.69, 9.17) is 4.42 Å². The molecule has 2 saturated heterocycles. The summed E-state index contributed by atoms with van der Waals surface area (Å²) < 4.78 is 5.32. The summed E-state index contributed by atoms with van der Waals surface area (Å²) in [6, 6.07) is 19.6.